The SMILES string of the molecule is CC(C)(C)C(=O)NC(=S)Nc1cccc(-c2cc3ccccc3oc2=O)c1. The molecule has 0 aliphatic heterocycles. The highest BCUT2D eigenvalue weighted by Gasteiger charge is 2.22. The lowest BCUT2D eigenvalue weighted by Crippen LogP contribution is -2.41. The van der Waals surface area contributed by atoms with Gasteiger partial charge in [-0.15, -0.1) is 0 Å². The Kier molecular flexibility index (Phi) is 5.10. The van der Waals surface area contributed by atoms with E-state index in [-0.39, 0.29) is 11.0 Å². The molecule has 0 bridgehead atoms. The maximum absolute atomic E-state index is 12.4. The number of hydrogen-bond acceptors (Lipinski definition) is 4. The lowest BCUT2D eigenvalue weighted by atomic mass is 9.96. The van der Waals surface area contributed by atoms with Crippen molar-refractivity contribution < 1.29 is 9.21 Å². The number of rotatable bonds is 2. The average molecular weight is 380 g/mol. The standard InChI is InChI=1S/C21H20N2O3S/c1-21(2,3)19(25)23-20(27)22-15-9-6-8-13(11-15)16-12-14-7-4-5-10-17(14)26-18(16)24/h4-12H,1-3H3,(H2,22,23,25,27). The van der Waals surface area contributed by atoms with Crippen LogP contribution in [0.5, 0.6) is 0 Å². The van der Waals surface area contributed by atoms with E-state index in [0.29, 0.717) is 22.4 Å². The molecule has 0 radical (unpaired) electrons. The number of nitrogens with one attached hydrogen (secondary N) is 2. The maximum atomic E-state index is 12.4. The Morgan fingerprint density at radius 2 is 1.78 bits per heavy atom. The van der Waals surface area contributed by atoms with Gasteiger partial charge in [-0.05, 0) is 42.0 Å². The smallest absolute Gasteiger partial charge is 0.344 e. The Hall–Kier alpha value is -2.99. The molecule has 0 fully saturated rings. The number of carbonyl (C=O) groups excluding carboxylic acids is 1. The summed E-state index contributed by atoms with van der Waals surface area (Å²) in [5.74, 6) is -0.175. The minimum atomic E-state index is -0.544. The van der Waals surface area contributed by atoms with Crippen molar-refractivity contribution in [2.75, 3.05) is 5.32 Å². The van der Waals surface area contributed by atoms with Crippen molar-refractivity contribution in [1.29, 1.82) is 0 Å². The molecular formula is C21H20N2O3S. The molecule has 0 unspecified atom stereocenters. The van der Waals surface area contributed by atoms with Crippen LogP contribution in [-0.2, 0) is 4.79 Å². The van der Waals surface area contributed by atoms with Crippen molar-refractivity contribution in [3.63, 3.8) is 0 Å². The van der Waals surface area contributed by atoms with E-state index >= 15 is 0 Å². The Morgan fingerprint density at radius 3 is 2.52 bits per heavy atom. The molecule has 138 valence electrons. The number of anilines is 1. The number of hydrogen-bond donors (Lipinski definition) is 2. The van der Waals surface area contributed by atoms with Crippen LogP contribution in [0.15, 0.2) is 63.8 Å². The Bertz CT molecular complexity index is 1080. The van der Waals surface area contributed by atoms with Crippen molar-refractivity contribution in [3.8, 4) is 11.1 Å². The van der Waals surface area contributed by atoms with Gasteiger partial charge in [-0.3, -0.25) is 4.79 Å². The van der Waals surface area contributed by atoms with Crippen molar-refractivity contribution in [3.05, 3.63) is 65.0 Å². The first-order valence-electron chi connectivity index (χ1n) is 8.50. The van der Waals surface area contributed by atoms with Crippen LogP contribution in [0.1, 0.15) is 20.8 Å². The van der Waals surface area contributed by atoms with E-state index in [4.69, 9.17) is 16.6 Å². The molecule has 1 aromatic heterocycles. The number of carbonyl (C=O) groups is 1. The van der Waals surface area contributed by atoms with Crippen LogP contribution < -0.4 is 16.3 Å². The van der Waals surface area contributed by atoms with Gasteiger partial charge in [-0.25, -0.2) is 4.79 Å². The second-order valence-corrected chi connectivity index (χ2v) is 7.63. The first-order valence-corrected chi connectivity index (χ1v) is 8.90. The van der Waals surface area contributed by atoms with E-state index in [9.17, 15) is 9.59 Å². The highest BCUT2D eigenvalue weighted by atomic mass is 32.1. The second kappa shape index (κ2) is 7.32. The quantitative estimate of drug-likeness (QED) is 0.512. The van der Waals surface area contributed by atoms with Gasteiger partial charge in [-0.1, -0.05) is 51.1 Å². The fraction of sp³-hybridized carbons (Fsp3) is 0.190. The summed E-state index contributed by atoms with van der Waals surface area (Å²) in [7, 11) is 0. The minimum absolute atomic E-state index is 0.175. The van der Waals surface area contributed by atoms with Crippen LogP contribution in [0.4, 0.5) is 5.69 Å². The van der Waals surface area contributed by atoms with Crippen LogP contribution >= 0.6 is 12.2 Å². The number of amides is 1. The molecule has 0 saturated carbocycles. The fourth-order valence-electron chi connectivity index (χ4n) is 2.48. The van der Waals surface area contributed by atoms with Crippen molar-refractivity contribution in [2.24, 2.45) is 5.41 Å². The van der Waals surface area contributed by atoms with E-state index in [1.165, 1.54) is 0 Å². The van der Waals surface area contributed by atoms with Crippen LogP contribution in [0.2, 0.25) is 0 Å². The predicted octanol–water partition coefficient (Wildman–Crippen LogP) is 4.32. The predicted molar refractivity (Wildman–Crippen MR) is 112 cm³/mol. The minimum Gasteiger partial charge on any atom is -0.422 e. The van der Waals surface area contributed by atoms with Gasteiger partial charge in [0.1, 0.15) is 5.58 Å². The number of fused-ring (bicyclic) bond motifs is 1. The Balaban J connectivity index is 1.86. The van der Waals surface area contributed by atoms with Crippen molar-refractivity contribution in [1.82, 2.24) is 5.32 Å². The topological polar surface area (TPSA) is 71.3 Å². The first kappa shape index (κ1) is 18.8. The molecule has 0 spiro atoms. The van der Waals surface area contributed by atoms with Crippen LogP contribution in [0, 0.1) is 5.41 Å². The molecule has 0 saturated heterocycles. The zero-order valence-electron chi connectivity index (χ0n) is 15.3. The molecule has 0 aliphatic rings. The van der Waals surface area contributed by atoms with Crippen molar-refractivity contribution in [2.45, 2.75) is 20.8 Å². The van der Waals surface area contributed by atoms with E-state index in [0.717, 1.165) is 5.39 Å². The summed E-state index contributed by atoms with van der Waals surface area (Å²) in [4.78, 5) is 24.4. The van der Waals surface area contributed by atoms with Gasteiger partial charge in [0.15, 0.2) is 5.11 Å². The molecule has 5 nitrogen and oxygen atoms in total. The summed E-state index contributed by atoms with van der Waals surface area (Å²) in [5.41, 5.74) is 1.42. The van der Waals surface area contributed by atoms with Gasteiger partial charge in [-0.2, -0.15) is 0 Å². The third kappa shape index (κ3) is 4.41. The van der Waals surface area contributed by atoms with E-state index in [2.05, 4.69) is 10.6 Å². The maximum Gasteiger partial charge on any atom is 0.344 e. The monoisotopic (exact) mass is 380 g/mol. The molecule has 2 N–H and O–H groups in total. The molecule has 1 amide bonds. The van der Waals surface area contributed by atoms with E-state index < -0.39 is 11.0 Å². The molecular weight excluding hydrogens is 360 g/mol. The summed E-state index contributed by atoms with van der Waals surface area (Å²) in [6, 6.07) is 16.4. The van der Waals surface area contributed by atoms with Crippen LogP contribution in [-0.4, -0.2) is 11.0 Å². The zero-order valence-corrected chi connectivity index (χ0v) is 16.1. The largest absolute Gasteiger partial charge is 0.422 e. The Labute approximate surface area is 162 Å². The van der Waals surface area contributed by atoms with Crippen LogP contribution in [0.25, 0.3) is 22.1 Å². The normalized spacial score (nSPS) is 11.2. The highest BCUT2D eigenvalue weighted by molar-refractivity contribution is 7.80. The molecule has 27 heavy (non-hydrogen) atoms. The highest BCUT2D eigenvalue weighted by Crippen LogP contribution is 2.23. The first-order chi connectivity index (χ1) is 12.7. The molecule has 0 aliphatic carbocycles. The van der Waals surface area contributed by atoms with Gasteiger partial charge in [0.25, 0.3) is 0 Å². The molecule has 3 rings (SSSR count). The lowest BCUT2D eigenvalue weighted by Gasteiger charge is -2.18. The molecule has 0 atom stereocenters. The number of para-hydroxylation sites is 1. The third-order valence-electron chi connectivity index (χ3n) is 3.98. The second-order valence-electron chi connectivity index (χ2n) is 7.22. The van der Waals surface area contributed by atoms with E-state index in [1.54, 1.807) is 24.3 Å². The van der Waals surface area contributed by atoms with Gasteiger partial charge < -0.3 is 15.1 Å². The van der Waals surface area contributed by atoms with Crippen LogP contribution in [0.3, 0.4) is 0 Å². The zero-order chi connectivity index (χ0) is 19.6. The summed E-state index contributed by atoms with van der Waals surface area (Å²) in [6.45, 7) is 5.43. The summed E-state index contributed by atoms with van der Waals surface area (Å²) >= 11 is 5.21. The molecule has 6 heteroatoms. The van der Waals surface area contributed by atoms with Gasteiger partial charge in [0.2, 0.25) is 5.91 Å². The Morgan fingerprint density at radius 1 is 1.04 bits per heavy atom. The molecule has 1 heterocycles. The number of benzene rings is 2. The fourth-order valence-corrected chi connectivity index (χ4v) is 2.69. The summed E-state index contributed by atoms with van der Waals surface area (Å²) < 4.78 is 5.40. The van der Waals surface area contributed by atoms with Gasteiger partial charge in [0.05, 0.1) is 5.56 Å². The molecule has 3 aromatic rings. The molecule has 2 aromatic carbocycles. The average Bonchev–Trinajstić information content (AvgIpc) is 2.60. The van der Waals surface area contributed by atoms with E-state index in [1.807, 2.05) is 51.1 Å². The summed E-state index contributed by atoms with van der Waals surface area (Å²) in [5, 5.41) is 6.69. The van der Waals surface area contributed by atoms with Gasteiger partial charge in [0, 0.05) is 16.5 Å². The van der Waals surface area contributed by atoms with Gasteiger partial charge >= 0.3 is 5.63 Å². The summed E-state index contributed by atoms with van der Waals surface area (Å²) in [6.07, 6.45) is 0. The number of thiocarbonyl (C=S) groups is 1. The van der Waals surface area contributed by atoms with Crippen molar-refractivity contribution >= 4 is 39.9 Å². The third-order valence-corrected chi connectivity index (χ3v) is 4.19. The lowest BCUT2D eigenvalue weighted by molar-refractivity contribution is -0.126.